The minimum absolute atomic E-state index is 0.429. The van der Waals surface area contributed by atoms with Gasteiger partial charge in [-0.2, -0.15) is 5.26 Å². The van der Waals surface area contributed by atoms with Crippen molar-refractivity contribution in [3.05, 3.63) is 0 Å². The number of nitrogens with zero attached hydrogens (tertiary/aromatic N) is 2. The summed E-state index contributed by atoms with van der Waals surface area (Å²) in [5.74, 6) is 0. The highest BCUT2D eigenvalue weighted by Gasteiger charge is 2.18. The van der Waals surface area contributed by atoms with Gasteiger partial charge in [-0.05, 0) is 32.9 Å². The van der Waals surface area contributed by atoms with Crippen LogP contribution in [0.5, 0.6) is 0 Å². The van der Waals surface area contributed by atoms with Crippen molar-refractivity contribution in [1.29, 1.82) is 5.26 Å². The van der Waals surface area contributed by atoms with E-state index in [9.17, 15) is 0 Å². The number of likely N-dealkylation sites (N-methyl/N-ethyl adjacent to an activating group) is 1. The first kappa shape index (κ1) is 12.5. The third kappa shape index (κ3) is 4.19. The Bertz CT molecular complexity index is 203. The second kappa shape index (κ2) is 6.81. The normalized spacial score (nSPS) is 23.7. The molecule has 0 radical (unpaired) electrons. The second-order valence-corrected chi connectivity index (χ2v) is 4.51. The zero-order valence-electron chi connectivity index (χ0n) is 10.00. The molecule has 0 spiro atoms. The minimum atomic E-state index is 0.429. The largest absolute Gasteiger partial charge is 0.313 e. The molecule has 86 valence electrons. The smallest absolute Gasteiger partial charge is 0.0638 e. The summed E-state index contributed by atoms with van der Waals surface area (Å²) in [7, 11) is 2.14. The van der Waals surface area contributed by atoms with Gasteiger partial charge in [0.25, 0.3) is 0 Å². The van der Waals surface area contributed by atoms with Crippen LogP contribution in [-0.2, 0) is 0 Å². The summed E-state index contributed by atoms with van der Waals surface area (Å²) in [4.78, 5) is 2.34. The van der Waals surface area contributed by atoms with Crippen LogP contribution in [0.15, 0.2) is 0 Å². The highest BCUT2D eigenvalue weighted by Crippen LogP contribution is 2.11. The fraction of sp³-hybridized carbons (Fsp3) is 0.917. The lowest BCUT2D eigenvalue weighted by atomic mass is 10.0. The van der Waals surface area contributed by atoms with Crippen molar-refractivity contribution in [3.63, 3.8) is 0 Å². The first-order chi connectivity index (χ1) is 7.27. The van der Waals surface area contributed by atoms with Crippen LogP contribution in [0.2, 0.25) is 0 Å². The van der Waals surface area contributed by atoms with E-state index in [2.05, 4.69) is 30.3 Å². The molecule has 1 heterocycles. The number of piperidine rings is 1. The lowest BCUT2D eigenvalue weighted by molar-refractivity contribution is 0.199. The van der Waals surface area contributed by atoms with Crippen LogP contribution in [0.4, 0.5) is 0 Å². The van der Waals surface area contributed by atoms with E-state index in [1.165, 1.54) is 19.3 Å². The summed E-state index contributed by atoms with van der Waals surface area (Å²) in [6, 6.07) is 3.34. The van der Waals surface area contributed by atoms with Crippen molar-refractivity contribution in [2.24, 2.45) is 0 Å². The zero-order chi connectivity index (χ0) is 11.1. The molecule has 0 aliphatic carbocycles. The maximum absolute atomic E-state index is 8.73. The fourth-order valence-electron chi connectivity index (χ4n) is 2.29. The van der Waals surface area contributed by atoms with E-state index in [-0.39, 0.29) is 0 Å². The van der Waals surface area contributed by atoms with Crippen molar-refractivity contribution < 1.29 is 0 Å². The number of nitrogens with one attached hydrogen (secondary N) is 1. The predicted molar refractivity (Wildman–Crippen MR) is 62.6 cm³/mol. The summed E-state index contributed by atoms with van der Waals surface area (Å²) in [6.07, 6.45) is 5.67. The Labute approximate surface area is 93.5 Å². The summed E-state index contributed by atoms with van der Waals surface area (Å²) >= 11 is 0. The van der Waals surface area contributed by atoms with E-state index in [0.717, 1.165) is 19.5 Å². The third-order valence-corrected chi connectivity index (χ3v) is 3.34. The molecule has 2 atom stereocenters. The van der Waals surface area contributed by atoms with Gasteiger partial charge < -0.3 is 10.2 Å². The van der Waals surface area contributed by atoms with E-state index in [4.69, 9.17) is 5.26 Å². The Balaban J connectivity index is 2.31. The summed E-state index contributed by atoms with van der Waals surface area (Å²) in [5, 5.41) is 12.3. The SMILES string of the molecule is CCC(CC#N)N(C)CC1CCCCN1. The highest BCUT2D eigenvalue weighted by molar-refractivity contribution is 4.83. The lowest BCUT2D eigenvalue weighted by Crippen LogP contribution is -2.45. The molecule has 1 aliphatic rings. The molecule has 1 saturated heterocycles. The van der Waals surface area contributed by atoms with Crippen molar-refractivity contribution >= 4 is 0 Å². The van der Waals surface area contributed by atoms with Gasteiger partial charge in [0, 0.05) is 18.6 Å². The van der Waals surface area contributed by atoms with Gasteiger partial charge in [0.15, 0.2) is 0 Å². The predicted octanol–water partition coefficient (Wildman–Crippen LogP) is 1.75. The molecule has 0 aromatic heterocycles. The Morgan fingerprint density at radius 2 is 2.33 bits per heavy atom. The topological polar surface area (TPSA) is 39.1 Å². The monoisotopic (exact) mass is 209 g/mol. The Morgan fingerprint density at radius 3 is 2.87 bits per heavy atom. The van der Waals surface area contributed by atoms with Gasteiger partial charge in [-0.25, -0.2) is 0 Å². The molecular formula is C12H23N3. The minimum Gasteiger partial charge on any atom is -0.313 e. The van der Waals surface area contributed by atoms with Crippen molar-refractivity contribution in [2.75, 3.05) is 20.1 Å². The van der Waals surface area contributed by atoms with Crippen molar-refractivity contribution in [2.45, 2.75) is 51.1 Å². The highest BCUT2D eigenvalue weighted by atomic mass is 15.2. The summed E-state index contributed by atoms with van der Waals surface area (Å²) in [5.41, 5.74) is 0. The molecular weight excluding hydrogens is 186 g/mol. The number of hydrogen-bond acceptors (Lipinski definition) is 3. The molecule has 0 aromatic carbocycles. The first-order valence-corrected chi connectivity index (χ1v) is 6.08. The summed E-state index contributed by atoms with van der Waals surface area (Å²) < 4.78 is 0. The molecule has 0 amide bonds. The Morgan fingerprint density at radius 1 is 1.53 bits per heavy atom. The van der Waals surface area contributed by atoms with Crippen LogP contribution in [0, 0.1) is 11.3 Å². The molecule has 1 fully saturated rings. The molecule has 1 N–H and O–H groups in total. The number of rotatable bonds is 5. The van der Waals surface area contributed by atoms with Crippen molar-refractivity contribution in [1.82, 2.24) is 10.2 Å². The van der Waals surface area contributed by atoms with Crippen molar-refractivity contribution in [3.8, 4) is 6.07 Å². The lowest BCUT2D eigenvalue weighted by Gasteiger charge is -2.32. The fourth-order valence-corrected chi connectivity index (χ4v) is 2.29. The van der Waals surface area contributed by atoms with E-state index in [0.29, 0.717) is 18.5 Å². The molecule has 1 rings (SSSR count). The van der Waals surface area contributed by atoms with Crippen LogP contribution in [0.25, 0.3) is 0 Å². The molecule has 15 heavy (non-hydrogen) atoms. The van der Waals surface area contributed by atoms with Gasteiger partial charge in [0.2, 0.25) is 0 Å². The maximum Gasteiger partial charge on any atom is 0.0638 e. The third-order valence-electron chi connectivity index (χ3n) is 3.34. The van der Waals surface area contributed by atoms with Gasteiger partial charge >= 0.3 is 0 Å². The molecule has 2 unspecified atom stereocenters. The van der Waals surface area contributed by atoms with Crippen LogP contribution in [0.1, 0.15) is 39.0 Å². The van der Waals surface area contributed by atoms with Crippen LogP contribution < -0.4 is 5.32 Å². The quantitative estimate of drug-likeness (QED) is 0.750. The molecule has 3 nitrogen and oxygen atoms in total. The van der Waals surface area contributed by atoms with Gasteiger partial charge in [0.1, 0.15) is 0 Å². The van der Waals surface area contributed by atoms with Gasteiger partial charge in [-0.15, -0.1) is 0 Å². The van der Waals surface area contributed by atoms with E-state index >= 15 is 0 Å². The molecule has 1 aliphatic heterocycles. The maximum atomic E-state index is 8.73. The average Bonchev–Trinajstić information content (AvgIpc) is 2.27. The van der Waals surface area contributed by atoms with Gasteiger partial charge in [-0.3, -0.25) is 0 Å². The Kier molecular flexibility index (Phi) is 5.67. The van der Waals surface area contributed by atoms with Gasteiger partial charge in [-0.1, -0.05) is 13.3 Å². The molecule has 0 saturated carbocycles. The van der Waals surface area contributed by atoms with E-state index in [1.807, 2.05) is 0 Å². The van der Waals surface area contributed by atoms with E-state index < -0.39 is 0 Å². The molecule has 0 aromatic rings. The number of nitriles is 1. The molecule has 3 heteroatoms. The van der Waals surface area contributed by atoms with Crippen LogP contribution in [0.3, 0.4) is 0 Å². The van der Waals surface area contributed by atoms with Crippen LogP contribution in [-0.4, -0.2) is 37.1 Å². The standard InChI is InChI=1S/C12H23N3/c1-3-12(7-8-13)15(2)10-11-6-4-5-9-14-11/h11-12,14H,3-7,9-10H2,1-2H3. The van der Waals surface area contributed by atoms with Gasteiger partial charge in [0.05, 0.1) is 12.5 Å². The zero-order valence-corrected chi connectivity index (χ0v) is 10.00. The molecule has 0 bridgehead atoms. The second-order valence-electron chi connectivity index (χ2n) is 4.51. The van der Waals surface area contributed by atoms with E-state index in [1.54, 1.807) is 0 Å². The number of hydrogen-bond donors (Lipinski definition) is 1. The first-order valence-electron chi connectivity index (χ1n) is 6.08. The average molecular weight is 209 g/mol. The van der Waals surface area contributed by atoms with Crippen LogP contribution >= 0.6 is 0 Å². The Hall–Kier alpha value is -0.590. The summed E-state index contributed by atoms with van der Waals surface area (Å²) in [6.45, 7) is 4.40.